The maximum absolute atomic E-state index is 12.0. The van der Waals surface area contributed by atoms with Crippen LogP contribution in [-0.4, -0.2) is 18.5 Å². The molecule has 1 rings (SSSR count). The largest absolute Gasteiger partial charge is 0.460 e. The zero-order valence-electron chi connectivity index (χ0n) is 8.96. The van der Waals surface area contributed by atoms with Gasteiger partial charge in [0, 0.05) is 6.61 Å². The average molecular weight is 275 g/mol. The van der Waals surface area contributed by atoms with Crippen LogP contribution in [0.3, 0.4) is 0 Å². The first-order valence-corrected chi connectivity index (χ1v) is 5.88. The van der Waals surface area contributed by atoms with E-state index < -0.39 is 0 Å². The van der Waals surface area contributed by atoms with Gasteiger partial charge in [-0.05, 0) is 35.3 Å². The van der Waals surface area contributed by atoms with E-state index in [-0.39, 0.29) is 11.9 Å². The fourth-order valence-electron chi connectivity index (χ4n) is 1.37. The Labute approximate surface area is 97.9 Å². The van der Waals surface area contributed by atoms with Crippen LogP contribution in [0.1, 0.15) is 37.2 Å². The number of carbonyl (C=O) groups excluding carboxylic acids is 1. The minimum absolute atomic E-state index is 0.0874. The first kappa shape index (κ1) is 12.5. The van der Waals surface area contributed by atoms with Crippen molar-refractivity contribution in [2.75, 3.05) is 6.61 Å². The molecule has 0 spiro atoms. The normalized spacial score (nSPS) is 12.7. The van der Waals surface area contributed by atoms with Gasteiger partial charge in [-0.2, -0.15) is 0 Å². The first-order valence-electron chi connectivity index (χ1n) is 5.09. The topological polar surface area (TPSA) is 39.4 Å². The summed E-state index contributed by atoms with van der Waals surface area (Å²) in [6.07, 6.45) is 2.74. The van der Waals surface area contributed by atoms with Crippen molar-refractivity contribution in [3.05, 3.63) is 22.6 Å². The third kappa shape index (κ3) is 3.18. The quantitative estimate of drug-likeness (QED) is 0.747. The molecule has 4 heteroatoms. The van der Waals surface area contributed by atoms with Gasteiger partial charge in [0.05, 0.1) is 10.7 Å². The molecule has 0 aliphatic carbocycles. The lowest BCUT2D eigenvalue weighted by molar-refractivity contribution is 0.0398. The van der Waals surface area contributed by atoms with E-state index in [2.05, 4.69) is 15.9 Å². The molecule has 15 heavy (non-hydrogen) atoms. The molecule has 0 fully saturated rings. The molecule has 1 aromatic heterocycles. The number of rotatable bonds is 6. The van der Waals surface area contributed by atoms with Gasteiger partial charge in [0.15, 0.2) is 5.76 Å². The van der Waals surface area contributed by atoms with Gasteiger partial charge in [0.1, 0.15) is 6.10 Å². The van der Waals surface area contributed by atoms with E-state index in [1.165, 1.54) is 6.26 Å². The number of furan rings is 1. The van der Waals surface area contributed by atoms with Crippen LogP contribution in [0.15, 0.2) is 21.2 Å². The Bertz CT molecular complexity index is 313. The Hall–Kier alpha value is -0.610. The second kappa shape index (κ2) is 6.08. The van der Waals surface area contributed by atoms with Gasteiger partial charge in [0.25, 0.3) is 0 Å². The van der Waals surface area contributed by atoms with Crippen LogP contribution in [0.25, 0.3) is 0 Å². The lowest BCUT2D eigenvalue weighted by Gasteiger charge is -2.13. The molecule has 0 aliphatic heterocycles. The molecule has 0 aromatic carbocycles. The second-order valence-corrected chi connectivity index (χ2v) is 4.05. The summed E-state index contributed by atoms with van der Waals surface area (Å²) in [6, 6.07) is 1.71. The Morgan fingerprint density at radius 1 is 1.60 bits per heavy atom. The van der Waals surface area contributed by atoms with Crippen molar-refractivity contribution in [2.45, 2.75) is 32.8 Å². The van der Waals surface area contributed by atoms with E-state index in [1.807, 2.05) is 13.8 Å². The molecule has 1 unspecified atom stereocenters. The molecule has 0 saturated carbocycles. The minimum atomic E-state index is -0.387. The van der Waals surface area contributed by atoms with Crippen LogP contribution in [0.2, 0.25) is 0 Å². The summed E-state index contributed by atoms with van der Waals surface area (Å²) in [5, 5.41) is 0. The summed E-state index contributed by atoms with van der Waals surface area (Å²) < 4.78 is 11.2. The van der Waals surface area contributed by atoms with Crippen molar-refractivity contribution in [3.63, 3.8) is 0 Å². The molecule has 0 aliphatic rings. The van der Waals surface area contributed by atoms with Gasteiger partial charge >= 0.3 is 0 Å². The fourth-order valence-corrected chi connectivity index (χ4v) is 1.77. The maximum atomic E-state index is 12.0. The Morgan fingerprint density at radius 2 is 2.33 bits per heavy atom. The summed E-state index contributed by atoms with van der Waals surface area (Å²) in [4.78, 5) is 12.0. The molecule has 0 bridgehead atoms. The predicted octanol–water partition coefficient (Wildman–Crippen LogP) is 3.43. The van der Waals surface area contributed by atoms with Gasteiger partial charge in [-0.15, -0.1) is 0 Å². The number of halogens is 1. The maximum Gasteiger partial charge on any atom is 0.227 e. The van der Waals surface area contributed by atoms with Crippen molar-refractivity contribution < 1.29 is 13.9 Å². The molecule has 1 aromatic rings. The Morgan fingerprint density at radius 3 is 2.80 bits per heavy atom. The lowest BCUT2D eigenvalue weighted by Crippen LogP contribution is -2.24. The summed E-state index contributed by atoms with van der Waals surface area (Å²) in [6.45, 7) is 4.44. The van der Waals surface area contributed by atoms with Gasteiger partial charge in [-0.3, -0.25) is 4.79 Å². The van der Waals surface area contributed by atoms with Crippen molar-refractivity contribution in [2.24, 2.45) is 0 Å². The zero-order valence-corrected chi connectivity index (χ0v) is 10.5. The molecule has 84 valence electrons. The van der Waals surface area contributed by atoms with Crippen LogP contribution in [0, 0.1) is 0 Å². The van der Waals surface area contributed by atoms with Crippen LogP contribution in [-0.2, 0) is 4.74 Å². The smallest absolute Gasteiger partial charge is 0.227 e. The Balaban J connectivity index is 2.76. The minimum Gasteiger partial charge on any atom is -0.460 e. The van der Waals surface area contributed by atoms with E-state index >= 15 is 0 Å². The SMILES string of the molecule is CCCC(OCC)C(=O)c1occc1Br. The van der Waals surface area contributed by atoms with Gasteiger partial charge in [0.2, 0.25) is 5.78 Å². The molecule has 0 N–H and O–H groups in total. The molecule has 0 amide bonds. The van der Waals surface area contributed by atoms with Crippen LogP contribution >= 0.6 is 15.9 Å². The van der Waals surface area contributed by atoms with Gasteiger partial charge in [-0.1, -0.05) is 13.3 Å². The summed E-state index contributed by atoms with van der Waals surface area (Å²) >= 11 is 3.27. The molecule has 1 heterocycles. The van der Waals surface area contributed by atoms with Crippen LogP contribution in [0.5, 0.6) is 0 Å². The van der Waals surface area contributed by atoms with E-state index in [4.69, 9.17) is 9.15 Å². The molecule has 0 saturated heterocycles. The third-order valence-electron chi connectivity index (χ3n) is 2.05. The monoisotopic (exact) mass is 274 g/mol. The van der Waals surface area contributed by atoms with Crippen molar-refractivity contribution in [3.8, 4) is 0 Å². The summed E-state index contributed by atoms with van der Waals surface area (Å²) in [5.74, 6) is 0.262. The van der Waals surface area contributed by atoms with E-state index in [0.29, 0.717) is 16.8 Å². The third-order valence-corrected chi connectivity index (χ3v) is 2.68. The molecule has 1 atom stereocenters. The summed E-state index contributed by atoms with van der Waals surface area (Å²) in [5.41, 5.74) is 0. The molecule has 3 nitrogen and oxygen atoms in total. The standard InChI is InChI=1S/C11H15BrO3/c1-3-5-9(14-4-2)10(13)11-8(12)6-7-15-11/h6-7,9H,3-5H2,1-2H3. The number of hydrogen-bond acceptors (Lipinski definition) is 3. The summed E-state index contributed by atoms with van der Waals surface area (Å²) in [7, 11) is 0. The van der Waals surface area contributed by atoms with Gasteiger partial charge < -0.3 is 9.15 Å². The number of ether oxygens (including phenoxy) is 1. The second-order valence-electron chi connectivity index (χ2n) is 3.19. The first-order chi connectivity index (χ1) is 7.20. The number of carbonyl (C=O) groups is 1. The zero-order chi connectivity index (χ0) is 11.3. The van der Waals surface area contributed by atoms with Crippen LogP contribution in [0.4, 0.5) is 0 Å². The fraction of sp³-hybridized carbons (Fsp3) is 0.545. The highest BCUT2D eigenvalue weighted by molar-refractivity contribution is 9.10. The highest BCUT2D eigenvalue weighted by Gasteiger charge is 2.24. The van der Waals surface area contributed by atoms with Crippen molar-refractivity contribution in [1.82, 2.24) is 0 Å². The average Bonchev–Trinajstić information content (AvgIpc) is 2.63. The van der Waals surface area contributed by atoms with Crippen LogP contribution < -0.4 is 0 Å². The molecular formula is C11H15BrO3. The Kier molecular flexibility index (Phi) is 5.05. The van der Waals surface area contributed by atoms with Crippen molar-refractivity contribution >= 4 is 21.7 Å². The highest BCUT2D eigenvalue weighted by atomic mass is 79.9. The van der Waals surface area contributed by atoms with E-state index in [9.17, 15) is 4.79 Å². The highest BCUT2D eigenvalue weighted by Crippen LogP contribution is 2.21. The predicted molar refractivity (Wildman–Crippen MR) is 61.1 cm³/mol. The number of Topliss-reactive ketones (excluding diaryl/α,β-unsaturated/α-hetero) is 1. The lowest BCUT2D eigenvalue weighted by atomic mass is 10.1. The number of ketones is 1. The molecular weight excluding hydrogens is 260 g/mol. The van der Waals surface area contributed by atoms with Crippen molar-refractivity contribution in [1.29, 1.82) is 0 Å². The van der Waals surface area contributed by atoms with E-state index in [0.717, 1.165) is 12.8 Å². The molecule has 0 radical (unpaired) electrons. The van der Waals surface area contributed by atoms with E-state index in [1.54, 1.807) is 6.07 Å². The number of hydrogen-bond donors (Lipinski definition) is 0. The van der Waals surface area contributed by atoms with Gasteiger partial charge in [-0.25, -0.2) is 0 Å².